The van der Waals surface area contributed by atoms with Gasteiger partial charge in [0, 0.05) is 74.4 Å². The number of carboxylic acids is 1. The number of nitrogens with two attached hydrogens (primary N) is 1. The predicted molar refractivity (Wildman–Crippen MR) is 152 cm³/mol. The van der Waals surface area contributed by atoms with Gasteiger partial charge in [0.25, 0.3) is 0 Å². The van der Waals surface area contributed by atoms with E-state index in [0.717, 1.165) is 12.5 Å². The number of rotatable bonds is 4. The summed E-state index contributed by atoms with van der Waals surface area (Å²) in [5.41, 5.74) is 8.47. The Bertz CT molecular complexity index is 2010. The number of pyridine rings is 3. The van der Waals surface area contributed by atoms with Crippen LogP contribution in [-0.2, 0) is 7.05 Å². The molecular weight excluding hydrogens is 532 g/mol. The molecule has 210 valence electrons. The van der Waals surface area contributed by atoms with Crippen LogP contribution < -0.4 is 21.4 Å². The van der Waals surface area contributed by atoms with Crippen LogP contribution >= 0.6 is 0 Å². The third-order valence-corrected chi connectivity index (χ3v) is 9.24. The minimum atomic E-state index is -1.34. The van der Waals surface area contributed by atoms with Crippen LogP contribution in [0.4, 0.5) is 20.2 Å². The molecule has 10 nitrogen and oxygen atoms in total. The van der Waals surface area contributed by atoms with Gasteiger partial charge in [-0.25, -0.2) is 23.5 Å². The summed E-state index contributed by atoms with van der Waals surface area (Å²) in [5, 5.41) is 13.1. The smallest absolute Gasteiger partial charge is 0.341 e. The van der Waals surface area contributed by atoms with Gasteiger partial charge < -0.3 is 30.6 Å². The number of H-pyrrole nitrogens is 1. The number of anilines is 2. The fraction of sp³-hybridized carbons (Fsp3) is 0.310. The van der Waals surface area contributed by atoms with Gasteiger partial charge >= 0.3 is 5.97 Å². The Balaban J connectivity index is 1.55. The molecule has 2 aliphatic rings. The molecule has 5 heterocycles. The van der Waals surface area contributed by atoms with Gasteiger partial charge in [0.2, 0.25) is 5.43 Å². The van der Waals surface area contributed by atoms with E-state index < -0.39 is 23.0 Å². The zero-order valence-electron chi connectivity index (χ0n) is 22.5. The van der Waals surface area contributed by atoms with Crippen molar-refractivity contribution in [3.8, 4) is 11.1 Å². The van der Waals surface area contributed by atoms with E-state index in [-0.39, 0.29) is 27.8 Å². The maximum atomic E-state index is 15.6. The highest BCUT2D eigenvalue weighted by Gasteiger charge is 2.62. The Morgan fingerprint density at radius 3 is 2.66 bits per heavy atom. The molecule has 0 bridgehead atoms. The highest BCUT2D eigenvalue weighted by atomic mass is 19.2. The SMILES string of the molecule is CNc1cc(F)c(F)c2c1[nH]c1ncc(-c3cnc4c(c3)c(=O)c(C(=O)O)cn4C)c(N3CC[C@]4(C3)C(C)[C@H]4N)c12. The van der Waals surface area contributed by atoms with Crippen LogP contribution in [0, 0.1) is 23.0 Å². The molecule has 1 saturated heterocycles. The summed E-state index contributed by atoms with van der Waals surface area (Å²) in [6.07, 6.45) is 5.29. The van der Waals surface area contributed by atoms with Crippen molar-refractivity contribution in [3.63, 3.8) is 0 Å². The number of carbonyl (C=O) groups is 1. The van der Waals surface area contributed by atoms with Gasteiger partial charge in [0.1, 0.15) is 16.9 Å². The number of fused-ring (bicyclic) bond motifs is 4. The van der Waals surface area contributed by atoms with Gasteiger partial charge in [-0.2, -0.15) is 0 Å². The summed E-state index contributed by atoms with van der Waals surface area (Å²) < 4.78 is 31.9. The van der Waals surface area contributed by atoms with E-state index in [0.29, 0.717) is 63.7 Å². The van der Waals surface area contributed by atoms with Gasteiger partial charge in [-0.05, 0) is 18.4 Å². The lowest BCUT2D eigenvalue weighted by molar-refractivity contribution is 0.0695. The standard InChI is InChI=1S/C29H27F2N7O3/c1-12-25(32)29(12)4-5-38(11-29)23-15(13-6-14-24(39)16(28(40)41)10-37(3)27(14)35-8-13)9-34-26-20(23)19-21(31)17(30)7-18(33-2)22(19)36-26/h6-10,12,25,33H,4-5,11,32H2,1-3H3,(H,34,36)(H,40,41)/t12?,25-,29+/m1/s1. The fourth-order valence-electron chi connectivity index (χ4n) is 6.77. The summed E-state index contributed by atoms with van der Waals surface area (Å²) >= 11 is 0. The van der Waals surface area contributed by atoms with E-state index >= 15 is 4.39 Å². The summed E-state index contributed by atoms with van der Waals surface area (Å²) in [6, 6.07) is 2.74. The number of aromatic carboxylic acids is 1. The first-order chi connectivity index (χ1) is 19.6. The molecule has 1 spiro atoms. The second-order valence-electron chi connectivity index (χ2n) is 11.2. The first-order valence-corrected chi connectivity index (χ1v) is 13.3. The zero-order valence-corrected chi connectivity index (χ0v) is 22.5. The molecule has 12 heteroatoms. The van der Waals surface area contributed by atoms with Gasteiger partial charge in [0.15, 0.2) is 11.6 Å². The van der Waals surface area contributed by atoms with Gasteiger partial charge in [-0.3, -0.25) is 4.79 Å². The Kier molecular flexibility index (Phi) is 5.24. The van der Waals surface area contributed by atoms with Crippen molar-refractivity contribution in [3.05, 3.63) is 58.1 Å². The van der Waals surface area contributed by atoms with E-state index in [4.69, 9.17) is 5.73 Å². The van der Waals surface area contributed by atoms with E-state index in [1.807, 2.05) is 0 Å². The average Bonchev–Trinajstić information content (AvgIpc) is 3.34. The van der Waals surface area contributed by atoms with E-state index in [1.165, 1.54) is 10.8 Å². The van der Waals surface area contributed by atoms with Crippen LogP contribution in [0.3, 0.4) is 0 Å². The van der Waals surface area contributed by atoms with Crippen molar-refractivity contribution in [2.75, 3.05) is 30.4 Å². The number of aromatic nitrogens is 4. The quantitative estimate of drug-likeness (QED) is 0.260. The molecule has 0 amide bonds. The molecule has 0 radical (unpaired) electrons. The van der Waals surface area contributed by atoms with Crippen LogP contribution in [0.15, 0.2) is 35.5 Å². The summed E-state index contributed by atoms with van der Waals surface area (Å²) in [6.45, 7) is 3.38. The number of carboxylic acid groups (broad SMARTS) is 1. The number of halogens is 2. The van der Waals surface area contributed by atoms with Crippen LogP contribution in [0.2, 0.25) is 0 Å². The number of aromatic amines is 1. The van der Waals surface area contributed by atoms with Gasteiger partial charge in [-0.15, -0.1) is 0 Å². The van der Waals surface area contributed by atoms with Crippen molar-refractivity contribution in [1.29, 1.82) is 0 Å². The summed E-state index contributed by atoms with van der Waals surface area (Å²) in [7, 11) is 3.25. The summed E-state index contributed by atoms with van der Waals surface area (Å²) in [4.78, 5) is 39.3. The number of benzene rings is 1. The minimum Gasteiger partial charge on any atom is -0.477 e. The first-order valence-electron chi connectivity index (χ1n) is 13.3. The molecule has 1 aromatic carbocycles. The fourth-order valence-corrected chi connectivity index (χ4v) is 6.77. The highest BCUT2D eigenvalue weighted by molar-refractivity contribution is 6.18. The van der Waals surface area contributed by atoms with E-state index in [9.17, 15) is 19.1 Å². The van der Waals surface area contributed by atoms with Crippen LogP contribution in [0.25, 0.3) is 44.1 Å². The lowest BCUT2D eigenvalue weighted by atomic mass is 10.0. The van der Waals surface area contributed by atoms with Crippen LogP contribution in [0.1, 0.15) is 23.7 Å². The number of aryl methyl sites for hydroxylation is 1. The van der Waals surface area contributed by atoms with Gasteiger partial charge in [-0.1, -0.05) is 6.92 Å². The molecule has 5 aromatic rings. The van der Waals surface area contributed by atoms with Crippen molar-refractivity contribution in [1.82, 2.24) is 19.5 Å². The molecule has 7 rings (SSSR count). The molecular formula is C29H27F2N7O3. The second kappa shape index (κ2) is 8.46. The Morgan fingerprint density at radius 2 is 2.00 bits per heavy atom. The maximum Gasteiger partial charge on any atom is 0.341 e. The molecule has 2 fully saturated rings. The molecule has 5 N–H and O–H groups in total. The molecule has 1 unspecified atom stereocenters. The second-order valence-corrected chi connectivity index (χ2v) is 11.2. The molecule has 3 atom stereocenters. The maximum absolute atomic E-state index is 15.6. The molecule has 1 aliphatic heterocycles. The Hall–Kier alpha value is -4.58. The van der Waals surface area contributed by atoms with E-state index in [2.05, 4.69) is 32.1 Å². The first kappa shape index (κ1) is 25.4. The number of hydrogen-bond acceptors (Lipinski definition) is 7. The lowest BCUT2D eigenvalue weighted by Gasteiger charge is -2.24. The van der Waals surface area contributed by atoms with Crippen molar-refractivity contribution in [2.45, 2.75) is 19.4 Å². The minimum absolute atomic E-state index is 0.0427. The molecule has 41 heavy (non-hydrogen) atoms. The molecule has 1 saturated carbocycles. The summed E-state index contributed by atoms with van der Waals surface area (Å²) in [5.74, 6) is -3.00. The topological polar surface area (TPSA) is 142 Å². The Labute approximate surface area is 231 Å². The van der Waals surface area contributed by atoms with Crippen molar-refractivity contribution >= 4 is 50.3 Å². The normalized spacial score (nSPS) is 22.0. The van der Waals surface area contributed by atoms with Crippen molar-refractivity contribution < 1.29 is 18.7 Å². The molecule has 1 aliphatic carbocycles. The monoisotopic (exact) mass is 559 g/mol. The third-order valence-electron chi connectivity index (χ3n) is 9.24. The number of nitrogens with one attached hydrogen (secondary N) is 2. The largest absolute Gasteiger partial charge is 0.477 e. The third kappa shape index (κ3) is 3.37. The number of hydrogen-bond donors (Lipinski definition) is 4. The highest BCUT2D eigenvalue weighted by Crippen LogP contribution is 2.58. The average molecular weight is 560 g/mol. The molecule has 4 aromatic heterocycles. The van der Waals surface area contributed by atoms with Gasteiger partial charge in [0.05, 0.1) is 33.1 Å². The Morgan fingerprint density at radius 1 is 1.24 bits per heavy atom. The predicted octanol–water partition coefficient (Wildman–Crippen LogP) is 3.82. The van der Waals surface area contributed by atoms with Crippen LogP contribution in [-0.4, -0.2) is 56.8 Å². The zero-order chi connectivity index (χ0) is 29.0. The van der Waals surface area contributed by atoms with E-state index in [1.54, 1.807) is 32.6 Å². The number of nitrogens with zero attached hydrogens (tertiary/aromatic N) is 4. The van der Waals surface area contributed by atoms with Crippen LogP contribution in [0.5, 0.6) is 0 Å². The van der Waals surface area contributed by atoms with Crippen molar-refractivity contribution in [2.24, 2.45) is 24.1 Å². The lowest BCUT2D eigenvalue weighted by Crippen LogP contribution is -2.24.